The molecule has 0 unspecified atom stereocenters. The highest BCUT2D eigenvalue weighted by Gasteiger charge is 2.61. The Balaban J connectivity index is 0.000000186. The van der Waals surface area contributed by atoms with E-state index >= 15 is 8.78 Å². The van der Waals surface area contributed by atoms with Gasteiger partial charge in [-0.05, 0) is 247 Å². The lowest BCUT2D eigenvalue weighted by molar-refractivity contribution is -0.0722. The Bertz CT molecular complexity index is 2490. The number of hydrogen-bond donors (Lipinski definition) is 4. The Kier molecular flexibility index (Phi) is 18.6. The number of benzene rings is 4. The maximum absolute atomic E-state index is 15.9. The van der Waals surface area contributed by atoms with Crippen LogP contribution in [-0.4, -0.2) is 102 Å². The maximum atomic E-state index is 15.9. The first kappa shape index (κ1) is 56.7. The van der Waals surface area contributed by atoms with Gasteiger partial charge in [-0.3, -0.25) is 0 Å². The number of aryl methyl sites for hydroxylation is 1. The quantitative estimate of drug-likeness (QED) is 0.0655. The van der Waals surface area contributed by atoms with Crippen molar-refractivity contribution in [2.75, 3.05) is 46.9 Å². The summed E-state index contributed by atoms with van der Waals surface area (Å²) >= 11 is 0. The van der Waals surface area contributed by atoms with Crippen LogP contribution in [0.3, 0.4) is 0 Å². The number of phenolic OH excluding ortho intramolecular Hbond substituents is 2. The lowest BCUT2D eigenvalue weighted by atomic mass is 9.51. The van der Waals surface area contributed by atoms with Crippen LogP contribution in [0.2, 0.25) is 0 Å². The van der Waals surface area contributed by atoms with E-state index in [4.69, 9.17) is 4.74 Å². The molecule has 0 amide bonds. The van der Waals surface area contributed by atoms with Gasteiger partial charge in [0.25, 0.3) is 0 Å². The van der Waals surface area contributed by atoms with Crippen molar-refractivity contribution in [3.8, 4) is 17.2 Å². The predicted molar refractivity (Wildman–Crippen MR) is 304 cm³/mol. The molecule has 0 aromatic heterocycles. The van der Waals surface area contributed by atoms with Crippen molar-refractivity contribution >= 4 is 0 Å². The Morgan fingerprint density at radius 2 is 1.00 bits per heavy atom. The number of rotatable bonds is 20. The first-order valence-electron chi connectivity index (χ1n) is 30.0. The number of unbranched alkanes of at least 4 members (excludes halogenated alkanes) is 4. The Morgan fingerprint density at radius 3 is 1.43 bits per heavy atom. The van der Waals surface area contributed by atoms with E-state index in [1.54, 1.807) is 12.1 Å². The van der Waals surface area contributed by atoms with Crippen molar-refractivity contribution < 1.29 is 33.9 Å². The minimum atomic E-state index is -0.931. The molecule has 6 aliphatic rings. The molecule has 0 bridgehead atoms. The molecule has 76 heavy (non-hydrogen) atoms. The highest BCUT2D eigenvalue weighted by Crippen LogP contribution is 2.65. The van der Waals surface area contributed by atoms with E-state index < -0.39 is 12.3 Å². The van der Waals surface area contributed by atoms with E-state index in [0.717, 1.165) is 131 Å². The van der Waals surface area contributed by atoms with Crippen LogP contribution >= 0.6 is 0 Å². The number of alkyl halides is 2. The average molecular weight is 1050 g/mol. The second-order valence-corrected chi connectivity index (χ2v) is 25.6. The van der Waals surface area contributed by atoms with Crippen LogP contribution in [-0.2, 0) is 25.7 Å². The number of likely N-dealkylation sites (N-methyl/N-ethyl adjacent to an activating group) is 2. The van der Waals surface area contributed by atoms with Gasteiger partial charge in [0, 0.05) is 24.9 Å². The van der Waals surface area contributed by atoms with E-state index in [1.807, 2.05) is 31.2 Å². The summed E-state index contributed by atoms with van der Waals surface area (Å²) in [5, 5.41) is 42.0. The third kappa shape index (κ3) is 12.5. The van der Waals surface area contributed by atoms with Gasteiger partial charge in [-0.2, -0.15) is 0 Å². The van der Waals surface area contributed by atoms with Crippen molar-refractivity contribution in [3.05, 3.63) is 124 Å². The van der Waals surface area contributed by atoms with Crippen molar-refractivity contribution in [2.45, 2.75) is 180 Å². The number of phenols is 2. The molecule has 14 atom stereocenters. The molecule has 4 saturated carbocycles. The van der Waals surface area contributed by atoms with Crippen LogP contribution in [0.1, 0.15) is 161 Å². The third-order valence-electron chi connectivity index (χ3n) is 20.7. The fourth-order valence-electron chi connectivity index (χ4n) is 16.5. The molecule has 4 N–H and O–H groups in total. The third-order valence-corrected chi connectivity index (χ3v) is 20.7. The van der Waals surface area contributed by atoms with Gasteiger partial charge in [0.05, 0.1) is 18.8 Å². The molecular formula is C67H94F2N2O5. The zero-order chi connectivity index (χ0) is 53.7. The summed E-state index contributed by atoms with van der Waals surface area (Å²) in [5.41, 5.74) is 7.96. The molecule has 9 heteroatoms. The predicted octanol–water partition coefficient (Wildman–Crippen LogP) is 13.7. The first-order valence-corrected chi connectivity index (χ1v) is 30.0. The zero-order valence-corrected chi connectivity index (χ0v) is 47.1. The summed E-state index contributed by atoms with van der Waals surface area (Å²) in [5.74, 6) is 3.49. The van der Waals surface area contributed by atoms with E-state index in [2.05, 4.69) is 93.2 Å². The van der Waals surface area contributed by atoms with Crippen molar-refractivity contribution in [1.29, 1.82) is 0 Å². The molecule has 10 rings (SSSR count). The summed E-state index contributed by atoms with van der Waals surface area (Å²) in [6.07, 6.45) is 15.1. The van der Waals surface area contributed by atoms with Crippen molar-refractivity contribution in [3.63, 3.8) is 0 Å². The summed E-state index contributed by atoms with van der Waals surface area (Å²) in [6.45, 7) is 13.4. The summed E-state index contributed by atoms with van der Waals surface area (Å²) in [6, 6.07) is 28.5. The number of hydrogen-bond acceptors (Lipinski definition) is 7. The zero-order valence-electron chi connectivity index (χ0n) is 47.1. The number of aliphatic hydroxyl groups is 2. The van der Waals surface area contributed by atoms with Gasteiger partial charge in [0.2, 0.25) is 0 Å². The summed E-state index contributed by atoms with van der Waals surface area (Å²) in [4.78, 5) is 4.86. The summed E-state index contributed by atoms with van der Waals surface area (Å²) in [7, 11) is 4.43. The van der Waals surface area contributed by atoms with Crippen LogP contribution in [0, 0.1) is 53.3 Å². The lowest BCUT2D eigenvalue weighted by Crippen LogP contribution is -2.51. The molecule has 7 nitrogen and oxygen atoms in total. The second kappa shape index (κ2) is 25.0. The number of aromatic hydroxyl groups is 2. The highest BCUT2D eigenvalue weighted by molar-refractivity contribution is 5.43. The van der Waals surface area contributed by atoms with Crippen molar-refractivity contribution in [2.24, 2.45) is 46.3 Å². The molecule has 0 radical (unpaired) electrons. The largest absolute Gasteiger partial charge is 0.508 e. The Labute approximate surface area is 455 Å². The SMILES string of the molecule is CCOc1ccc(CCN(C)CCCCC[C@@H]2Cc3cc(O)ccc3[C@@H]3[C@@H]2[C@@H]2CC[C@H](O)[C@@]2(C)C[C@@H]3F)cc1.Cc1ccc(CCN(C)CCCCC[C@@H]2Cc3cc(O)ccc3[C@@H]3[C@@H]2[C@@H]2CC[C@H](O)[C@@]2(C)C[C@@H]3F)cc1. The van der Waals surface area contributed by atoms with Crippen molar-refractivity contribution in [1.82, 2.24) is 9.80 Å². The minimum absolute atomic E-state index is 0.0920. The Morgan fingerprint density at radius 1 is 0.566 bits per heavy atom. The van der Waals surface area contributed by atoms with Gasteiger partial charge in [-0.25, -0.2) is 8.78 Å². The van der Waals surface area contributed by atoms with Crippen LogP contribution in [0.25, 0.3) is 0 Å². The smallest absolute Gasteiger partial charge is 0.119 e. The van der Waals surface area contributed by atoms with Gasteiger partial charge < -0.3 is 35.0 Å². The number of nitrogens with zero attached hydrogens (tertiary/aromatic N) is 2. The van der Waals surface area contributed by atoms with Gasteiger partial charge in [-0.15, -0.1) is 0 Å². The number of fused-ring (bicyclic) bond motifs is 10. The van der Waals surface area contributed by atoms with Gasteiger partial charge in [0.15, 0.2) is 0 Å². The molecule has 0 spiro atoms. The van der Waals surface area contributed by atoms with Crippen LogP contribution in [0.4, 0.5) is 8.78 Å². The molecule has 416 valence electrons. The molecule has 6 aliphatic carbocycles. The van der Waals surface area contributed by atoms with Gasteiger partial charge in [-0.1, -0.05) is 93.6 Å². The first-order chi connectivity index (χ1) is 36.6. The number of ether oxygens (including phenoxy) is 1. The average Bonchev–Trinajstić information content (AvgIpc) is 3.95. The molecule has 4 fully saturated rings. The summed E-state index contributed by atoms with van der Waals surface area (Å²) < 4.78 is 37.4. The molecule has 4 aromatic carbocycles. The van der Waals surface area contributed by atoms with Gasteiger partial charge in [0.1, 0.15) is 29.6 Å². The molecule has 0 aliphatic heterocycles. The van der Waals surface area contributed by atoms with Crippen LogP contribution in [0.15, 0.2) is 84.9 Å². The monoisotopic (exact) mass is 1040 g/mol. The van der Waals surface area contributed by atoms with E-state index in [-0.39, 0.29) is 52.3 Å². The fraction of sp³-hybridized carbons (Fsp3) is 0.642. The van der Waals surface area contributed by atoms with E-state index in [0.29, 0.717) is 49.0 Å². The number of aliphatic hydroxyl groups excluding tert-OH is 2. The lowest BCUT2D eigenvalue weighted by Gasteiger charge is -2.54. The molecule has 0 heterocycles. The topological polar surface area (TPSA) is 96.6 Å². The standard InChI is InChI=1S/C34H48FNO3.C33H46FNO2/c1-4-39-27-12-9-23(10-13-27)17-19-36(3)18-7-5-6-8-24-20-25-21-26(37)11-14-28(25)33-30(35)22-34(2)29(32(24)33)15-16-31(34)38;1-22-8-10-23(11-9-22)16-18-35(3)17-6-4-5-7-24-19-25-20-26(36)12-13-27(25)32-29(34)21-33(2)28(31(24)32)14-15-30(33)37/h9-14,21,24,29-33,37-38H,4-8,15-20,22H2,1-3H3;8-13,20,24,28-32,36-37H,4-7,14-19,21H2,1-3H3/t24-,29+,30+,31+,32+,33+,34+;24-,28+,29+,30+,31+,32+,33+/m11/s1. The second-order valence-electron chi connectivity index (χ2n) is 25.6. The normalized spacial score (nSPS) is 32.1. The van der Waals surface area contributed by atoms with E-state index in [1.165, 1.54) is 42.4 Å². The van der Waals surface area contributed by atoms with Crippen LogP contribution < -0.4 is 4.74 Å². The molecule has 0 saturated heterocycles. The minimum Gasteiger partial charge on any atom is -0.508 e. The fourth-order valence-corrected chi connectivity index (χ4v) is 16.5. The Hall–Kier alpha value is -4.02. The van der Waals surface area contributed by atoms with E-state index in [9.17, 15) is 20.4 Å². The highest BCUT2D eigenvalue weighted by atomic mass is 19.1. The van der Waals surface area contributed by atoms with Gasteiger partial charge >= 0.3 is 0 Å². The molecular weight excluding hydrogens is 951 g/mol. The number of halogens is 2. The maximum Gasteiger partial charge on any atom is 0.119 e. The molecule has 4 aromatic rings. The van der Waals surface area contributed by atoms with Crippen LogP contribution in [0.5, 0.6) is 17.2 Å².